The maximum absolute atomic E-state index is 12.0. The lowest BCUT2D eigenvalue weighted by Crippen LogP contribution is -2.40. The van der Waals surface area contributed by atoms with Gasteiger partial charge in [-0.1, -0.05) is 18.2 Å². The summed E-state index contributed by atoms with van der Waals surface area (Å²) < 4.78 is 41.4. The minimum atomic E-state index is -4.16. The van der Waals surface area contributed by atoms with Gasteiger partial charge >= 0.3 is 6.18 Å². The molecule has 2 N–H and O–H groups in total. The predicted molar refractivity (Wildman–Crippen MR) is 72.0 cm³/mol. The molecule has 0 spiro atoms. The van der Waals surface area contributed by atoms with Crippen LogP contribution < -0.4 is 15.4 Å². The molecule has 0 saturated carbocycles. The zero-order valence-corrected chi connectivity index (χ0v) is 11.2. The van der Waals surface area contributed by atoms with Gasteiger partial charge in [-0.05, 0) is 12.1 Å². The lowest BCUT2D eigenvalue weighted by Gasteiger charge is -2.13. The Balaban J connectivity index is 2.16. The highest BCUT2D eigenvalue weighted by atomic mass is 19.4. The van der Waals surface area contributed by atoms with E-state index in [2.05, 4.69) is 15.6 Å². The Bertz CT molecular complexity index is 407. The second-order valence-corrected chi connectivity index (χ2v) is 3.95. The fraction of sp³-hybridized carbons (Fsp3) is 0.462. The van der Waals surface area contributed by atoms with Crippen molar-refractivity contribution in [3.63, 3.8) is 0 Å². The number of hydrogen-bond donors (Lipinski definition) is 2. The number of halogens is 3. The first-order chi connectivity index (χ1) is 9.51. The molecule has 1 rings (SSSR count). The zero-order valence-electron chi connectivity index (χ0n) is 11.2. The van der Waals surface area contributed by atoms with Crippen molar-refractivity contribution in [1.82, 2.24) is 10.6 Å². The van der Waals surface area contributed by atoms with Crippen LogP contribution in [-0.4, -0.2) is 38.9 Å². The van der Waals surface area contributed by atoms with E-state index in [-0.39, 0.29) is 6.54 Å². The van der Waals surface area contributed by atoms with Gasteiger partial charge in [-0.15, -0.1) is 0 Å². The number of nitrogens with one attached hydrogen (secondary N) is 2. The normalized spacial score (nSPS) is 12.1. The summed E-state index contributed by atoms with van der Waals surface area (Å²) in [5.41, 5.74) is 0. The largest absolute Gasteiger partial charge is 0.492 e. The quantitative estimate of drug-likeness (QED) is 0.479. The average molecular weight is 289 g/mol. The van der Waals surface area contributed by atoms with Crippen LogP contribution in [0.3, 0.4) is 0 Å². The number of aliphatic imine (C=N–C) groups is 1. The molecular weight excluding hydrogens is 271 g/mol. The lowest BCUT2D eigenvalue weighted by atomic mass is 10.3. The molecule has 0 aliphatic rings. The molecule has 20 heavy (non-hydrogen) atoms. The minimum absolute atomic E-state index is 0.206. The van der Waals surface area contributed by atoms with Crippen LogP contribution in [-0.2, 0) is 0 Å². The van der Waals surface area contributed by atoms with E-state index >= 15 is 0 Å². The van der Waals surface area contributed by atoms with E-state index in [0.717, 1.165) is 5.75 Å². The van der Waals surface area contributed by atoms with Crippen molar-refractivity contribution < 1.29 is 17.9 Å². The molecule has 1 aromatic carbocycles. The van der Waals surface area contributed by atoms with E-state index in [0.29, 0.717) is 19.1 Å². The van der Waals surface area contributed by atoms with Gasteiger partial charge in [0.25, 0.3) is 0 Å². The van der Waals surface area contributed by atoms with E-state index in [4.69, 9.17) is 4.74 Å². The van der Waals surface area contributed by atoms with Crippen LogP contribution in [0.5, 0.6) is 5.75 Å². The molecule has 7 heteroatoms. The highest BCUT2D eigenvalue weighted by Gasteiger charge is 2.26. The molecule has 1 aromatic rings. The monoisotopic (exact) mass is 289 g/mol. The number of para-hydroxylation sites is 1. The summed E-state index contributed by atoms with van der Waals surface area (Å²) in [6, 6.07) is 9.27. The van der Waals surface area contributed by atoms with E-state index in [1.54, 1.807) is 0 Å². The Morgan fingerprint density at radius 1 is 1.15 bits per heavy atom. The minimum Gasteiger partial charge on any atom is -0.492 e. The van der Waals surface area contributed by atoms with Crippen molar-refractivity contribution in [2.45, 2.75) is 12.6 Å². The van der Waals surface area contributed by atoms with E-state index in [1.165, 1.54) is 7.05 Å². The van der Waals surface area contributed by atoms with Crippen LogP contribution in [0.2, 0.25) is 0 Å². The van der Waals surface area contributed by atoms with Gasteiger partial charge in [0, 0.05) is 13.6 Å². The van der Waals surface area contributed by atoms with Gasteiger partial charge in [-0.2, -0.15) is 13.2 Å². The number of guanidine groups is 1. The smallest absolute Gasteiger partial charge is 0.390 e. The molecular formula is C13H18F3N3O. The van der Waals surface area contributed by atoms with Crippen LogP contribution in [0, 0.1) is 0 Å². The molecule has 0 heterocycles. The van der Waals surface area contributed by atoms with E-state index in [1.807, 2.05) is 30.3 Å². The standard InChI is InChI=1S/C13H18F3N3O/c1-17-12(18-8-7-13(14,15)16)19-9-10-20-11-5-3-2-4-6-11/h2-6H,7-10H2,1H3,(H2,17,18,19). The summed E-state index contributed by atoms with van der Waals surface area (Å²) in [7, 11) is 1.50. The number of rotatable bonds is 6. The number of hydrogen-bond acceptors (Lipinski definition) is 2. The van der Waals surface area contributed by atoms with Crippen LogP contribution in [0.15, 0.2) is 35.3 Å². The van der Waals surface area contributed by atoms with Crippen molar-refractivity contribution in [2.75, 3.05) is 26.7 Å². The first kappa shape index (κ1) is 16.1. The predicted octanol–water partition coefficient (Wildman–Crippen LogP) is 2.18. The third-order valence-electron chi connectivity index (χ3n) is 2.33. The third kappa shape index (κ3) is 7.50. The topological polar surface area (TPSA) is 45.7 Å². The van der Waals surface area contributed by atoms with Crippen LogP contribution >= 0.6 is 0 Å². The molecule has 0 unspecified atom stereocenters. The molecule has 4 nitrogen and oxygen atoms in total. The summed E-state index contributed by atoms with van der Waals surface area (Å²) in [5, 5.41) is 5.46. The summed E-state index contributed by atoms with van der Waals surface area (Å²) in [5.74, 6) is 1.07. The van der Waals surface area contributed by atoms with E-state index in [9.17, 15) is 13.2 Å². The fourth-order valence-electron chi connectivity index (χ4n) is 1.40. The Morgan fingerprint density at radius 2 is 1.80 bits per heavy atom. The number of nitrogens with zero attached hydrogens (tertiary/aromatic N) is 1. The van der Waals surface area contributed by atoms with Gasteiger partial charge in [0.2, 0.25) is 0 Å². The van der Waals surface area contributed by atoms with Crippen molar-refractivity contribution in [3.05, 3.63) is 30.3 Å². The second kappa shape index (κ2) is 8.29. The maximum atomic E-state index is 12.0. The van der Waals surface area contributed by atoms with E-state index < -0.39 is 12.6 Å². The molecule has 0 aliphatic heterocycles. The first-order valence-electron chi connectivity index (χ1n) is 6.20. The van der Waals surface area contributed by atoms with Crippen molar-refractivity contribution >= 4 is 5.96 Å². The number of benzene rings is 1. The molecule has 0 fully saturated rings. The van der Waals surface area contributed by atoms with Crippen LogP contribution in [0.4, 0.5) is 13.2 Å². The molecule has 0 radical (unpaired) electrons. The van der Waals surface area contributed by atoms with Crippen molar-refractivity contribution in [3.8, 4) is 5.75 Å². The zero-order chi connectivity index (χ0) is 14.8. The highest BCUT2D eigenvalue weighted by molar-refractivity contribution is 5.79. The molecule has 0 aliphatic carbocycles. The fourth-order valence-corrected chi connectivity index (χ4v) is 1.40. The highest BCUT2D eigenvalue weighted by Crippen LogP contribution is 2.17. The molecule has 112 valence electrons. The Labute approximate surface area is 116 Å². The molecule has 0 aromatic heterocycles. The van der Waals surface area contributed by atoms with Gasteiger partial charge in [0.1, 0.15) is 12.4 Å². The number of alkyl halides is 3. The summed E-state index contributed by atoms with van der Waals surface area (Å²) in [4.78, 5) is 3.82. The Morgan fingerprint density at radius 3 is 2.40 bits per heavy atom. The molecule has 0 saturated heterocycles. The number of ether oxygens (including phenoxy) is 1. The van der Waals surface area contributed by atoms with Gasteiger partial charge in [0.15, 0.2) is 5.96 Å². The van der Waals surface area contributed by atoms with Crippen LogP contribution in [0.25, 0.3) is 0 Å². The summed E-state index contributed by atoms with van der Waals surface area (Å²) >= 11 is 0. The Kier molecular flexibility index (Phi) is 6.69. The van der Waals surface area contributed by atoms with Crippen molar-refractivity contribution in [2.24, 2.45) is 4.99 Å². The third-order valence-corrected chi connectivity index (χ3v) is 2.33. The molecule has 0 bridgehead atoms. The molecule has 0 atom stereocenters. The molecule has 0 amide bonds. The SMILES string of the molecule is CN=C(NCCOc1ccccc1)NCCC(F)(F)F. The summed E-state index contributed by atoms with van der Waals surface area (Å²) in [6.07, 6.45) is -5.06. The van der Waals surface area contributed by atoms with Gasteiger partial charge < -0.3 is 15.4 Å². The first-order valence-corrected chi connectivity index (χ1v) is 6.20. The van der Waals surface area contributed by atoms with Crippen LogP contribution in [0.1, 0.15) is 6.42 Å². The summed E-state index contributed by atoms with van der Waals surface area (Å²) in [6.45, 7) is 0.632. The van der Waals surface area contributed by atoms with Crippen molar-refractivity contribution in [1.29, 1.82) is 0 Å². The second-order valence-electron chi connectivity index (χ2n) is 3.95. The maximum Gasteiger partial charge on any atom is 0.390 e. The lowest BCUT2D eigenvalue weighted by molar-refractivity contribution is -0.132. The van der Waals surface area contributed by atoms with Gasteiger partial charge in [0.05, 0.1) is 13.0 Å². The average Bonchev–Trinajstić information content (AvgIpc) is 2.41. The Hall–Kier alpha value is -1.92. The van der Waals surface area contributed by atoms with Gasteiger partial charge in [-0.25, -0.2) is 0 Å². The van der Waals surface area contributed by atoms with Gasteiger partial charge in [-0.3, -0.25) is 4.99 Å².